The van der Waals surface area contributed by atoms with E-state index in [0.29, 0.717) is 12.4 Å². The van der Waals surface area contributed by atoms with E-state index in [1.165, 1.54) is 0 Å². The maximum absolute atomic E-state index is 9.89. The lowest BCUT2D eigenvalue weighted by atomic mass is 10.1. The summed E-state index contributed by atoms with van der Waals surface area (Å²) in [5.41, 5.74) is 6.81. The first-order valence-electron chi connectivity index (χ1n) is 6.90. The van der Waals surface area contributed by atoms with E-state index in [9.17, 15) is 5.11 Å². The summed E-state index contributed by atoms with van der Waals surface area (Å²) < 4.78 is 17.0. The summed E-state index contributed by atoms with van der Waals surface area (Å²) in [5.74, 6) is 0.670. The zero-order valence-corrected chi connectivity index (χ0v) is 14.3. The van der Waals surface area contributed by atoms with E-state index in [0.717, 1.165) is 10.0 Å². The molecule has 0 saturated heterocycles. The second kappa shape index (κ2) is 9.38. The topological polar surface area (TPSA) is 73.9 Å². The summed E-state index contributed by atoms with van der Waals surface area (Å²) >= 11 is 3.40. The quantitative estimate of drug-likeness (QED) is 0.705. The second-order valence-electron chi connectivity index (χ2n) is 5.03. The van der Waals surface area contributed by atoms with Gasteiger partial charge in [0.05, 0.1) is 19.3 Å². The standard InChI is InChI=1S/C15H24BrNO4/c1-10(7-19-3)20-8-13(18)9-21-15-6-12(16)4-5-14(15)11(2)17/h4-6,10-11,13,18H,7-9,17H2,1-3H3/t10?,11-,13?/m1/s1. The minimum Gasteiger partial charge on any atom is -0.490 e. The zero-order valence-electron chi connectivity index (χ0n) is 12.7. The Balaban J connectivity index is 2.49. The zero-order chi connectivity index (χ0) is 15.8. The van der Waals surface area contributed by atoms with Gasteiger partial charge in [0.15, 0.2) is 0 Å². The molecule has 0 aromatic heterocycles. The van der Waals surface area contributed by atoms with Crippen molar-refractivity contribution in [2.45, 2.75) is 32.1 Å². The molecule has 5 nitrogen and oxygen atoms in total. The molecule has 2 unspecified atom stereocenters. The van der Waals surface area contributed by atoms with Crippen LogP contribution in [-0.4, -0.2) is 44.2 Å². The number of rotatable bonds is 9. The van der Waals surface area contributed by atoms with Crippen LogP contribution in [0.25, 0.3) is 0 Å². The van der Waals surface area contributed by atoms with E-state index in [1.807, 2.05) is 32.0 Å². The van der Waals surface area contributed by atoms with E-state index in [-0.39, 0.29) is 25.4 Å². The van der Waals surface area contributed by atoms with E-state index in [1.54, 1.807) is 7.11 Å². The van der Waals surface area contributed by atoms with Crippen LogP contribution in [0.1, 0.15) is 25.5 Å². The van der Waals surface area contributed by atoms with Gasteiger partial charge in [0, 0.05) is 23.2 Å². The molecule has 1 aromatic carbocycles. The van der Waals surface area contributed by atoms with Crippen LogP contribution in [0, 0.1) is 0 Å². The first-order chi connectivity index (χ1) is 9.93. The van der Waals surface area contributed by atoms with Crippen LogP contribution >= 0.6 is 15.9 Å². The predicted molar refractivity (Wildman–Crippen MR) is 85.5 cm³/mol. The molecule has 3 N–H and O–H groups in total. The van der Waals surface area contributed by atoms with Crippen molar-refractivity contribution in [3.05, 3.63) is 28.2 Å². The van der Waals surface area contributed by atoms with Gasteiger partial charge >= 0.3 is 0 Å². The van der Waals surface area contributed by atoms with Crippen LogP contribution in [-0.2, 0) is 9.47 Å². The molecule has 0 aliphatic rings. The largest absolute Gasteiger partial charge is 0.490 e. The molecule has 0 fully saturated rings. The molecular formula is C15H24BrNO4. The predicted octanol–water partition coefficient (Wildman–Crippen LogP) is 2.26. The number of aliphatic hydroxyl groups excluding tert-OH is 1. The summed E-state index contributed by atoms with van der Waals surface area (Å²) in [6.45, 7) is 4.62. The van der Waals surface area contributed by atoms with Crippen molar-refractivity contribution < 1.29 is 19.3 Å². The maximum Gasteiger partial charge on any atom is 0.125 e. The SMILES string of the molecule is COCC(C)OCC(O)COc1cc(Br)ccc1[C@@H](C)N. The Kier molecular flexibility index (Phi) is 8.21. The number of halogens is 1. The van der Waals surface area contributed by atoms with Crippen LogP contribution in [0.4, 0.5) is 0 Å². The Bertz CT molecular complexity index is 428. The van der Waals surface area contributed by atoms with Gasteiger partial charge in [-0.25, -0.2) is 0 Å². The van der Waals surface area contributed by atoms with Gasteiger partial charge in [0.25, 0.3) is 0 Å². The Hall–Kier alpha value is -0.660. The first kappa shape index (κ1) is 18.4. The first-order valence-corrected chi connectivity index (χ1v) is 7.69. The Morgan fingerprint density at radius 3 is 2.57 bits per heavy atom. The fourth-order valence-electron chi connectivity index (χ4n) is 1.80. The van der Waals surface area contributed by atoms with Gasteiger partial charge in [-0.05, 0) is 26.0 Å². The molecule has 0 saturated carbocycles. The molecule has 6 heteroatoms. The van der Waals surface area contributed by atoms with Crippen molar-refractivity contribution in [2.75, 3.05) is 26.9 Å². The molecule has 1 aromatic rings. The van der Waals surface area contributed by atoms with Crippen LogP contribution < -0.4 is 10.5 Å². The molecule has 1 rings (SSSR count). The van der Waals surface area contributed by atoms with Crippen molar-refractivity contribution in [1.29, 1.82) is 0 Å². The normalized spacial score (nSPS) is 15.5. The fraction of sp³-hybridized carbons (Fsp3) is 0.600. The average molecular weight is 362 g/mol. The van der Waals surface area contributed by atoms with Gasteiger partial charge in [-0.1, -0.05) is 22.0 Å². The summed E-state index contributed by atoms with van der Waals surface area (Å²) in [5, 5.41) is 9.89. The number of methoxy groups -OCH3 is 1. The lowest BCUT2D eigenvalue weighted by molar-refractivity contribution is -0.0423. The van der Waals surface area contributed by atoms with Crippen molar-refractivity contribution in [3.63, 3.8) is 0 Å². The Labute approximate surface area is 134 Å². The van der Waals surface area contributed by atoms with Crippen LogP contribution in [0.3, 0.4) is 0 Å². The molecule has 0 spiro atoms. The summed E-state index contributed by atoms with van der Waals surface area (Å²) in [4.78, 5) is 0. The van der Waals surface area contributed by atoms with Crippen LogP contribution in [0.2, 0.25) is 0 Å². The van der Waals surface area contributed by atoms with Gasteiger partial charge in [0.1, 0.15) is 18.5 Å². The maximum atomic E-state index is 9.89. The van der Waals surface area contributed by atoms with Crippen molar-refractivity contribution >= 4 is 15.9 Å². The number of ether oxygens (including phenoxy) is 3. The molecule has 0 bridgehead atoms. The van der Waals surface area contributed by atoms with Gasteiger partial charge in [0.2, 0.25) is 0 Å². The highest BCUT2D eigenvalue weighted by Gasteiger charge is 2.12. The minimum absolute atomic E-state index is 0.0601. The monoisotopic (exact) mass is 361 g/mol. The Morgan fingerprint density at radius 2 is 1.95 bits per heavy atom. The average Bonchev–Trinajstić information content (AvgIpc) is 2.43. The third-order valence-corrected chi connectivity index (χ3v) is 3.37. The molecule has 0 aliphatic heterocycles. The van der Waals surface area contributed by atoms with Crippen LogP contribution in [0.15, 0.2) is 22.7 Å². The van der Waals surface area contributed by atoms with E-state index in [2.05, 4.69) is 15.9 Å². The van der Waals surface area contributed by atoms with Gasteiger partial charge < -0.3 is 25.1 Å². The fourth-order valence-corrected chi connectivity index (χ4v) is 2.14. The molecule has 0 amide bonds. The van der Waals surface area contributed by atoms with Gasteiger partial charge in [-0.3, -0.25) is 0 Å². The molecule has 21 heavy (non-hydrogen) atoms. The highest BCUT2D eigenvalue weighted by Crippen LogP contribution is 2.27. The number of hydrogen-bond acceptors (Lipinski definition) is 5. The van der Waals surface area contributed by atoms with E-state index < -0.39 is 6.10 Å². The van der Waals surface area contributed by atoms with Crippen molar-refractivity contribution in [1.82, 2.24) is 0 Å². The summed E-state index contributed by atoms with van der Waals surface area (Å²) in [6, 6.07) is 5.54. The number of aliphatic hydroxyl groups is 1. The van der Waals surface area contributed by atoms with Gasteiger partial charge in [-0.2, -0.15) is 0 Å². The number of benzene rings is 1. The molecule has 0 radical (unpaired) electrons. The second-order valence-corrected chi connectivity index (χ2v) is 5.95. The molecule has 0 aliphatic carbocycles. The lowest BCUT2D eigenvalue weighted by Gasteiger charge is -2.18. The number of hydrogen-bond donors (Lipinski definition) is 2. The summed E-state index contributed by atoms with van der Waals surface area (Å²) in [6.07, 6.45) is -0.764. The third kappa shape index (κ3) is 6.76. The van der Waals surface area contributed by atoms with E-state index >= 15 is 0 Å². The highest BCUT2D eigenvalue weighted by atomic mass is 79.9. The Morgan fingerprint density at radius 1 is 1.24 bits per heavy atom. The third-order valence-electron chi connectivity index (χ3n) is 2.87. The highest BCUT2D eigenvalue weighted by molar-refractivity contribution is 9.10. The molecular weight excluding hydrogens is 338 g/mol. The van der Waals surface area contributed by atoms with Crippen molar-refractivity contribution in [3.8, 4) is 5.75 Å². The van der Waals surface area contributed by atoms with Crippen LogP contribution in [0.5, 0.6) is 5.75 Å². The lowest BCUT2D eigenvalue weighted by Crippen LogP contribution is -2.27. The molecule has 0 heterocycles. The smallest absolute Gasteiger partial charge is 0.125 e. The summed E-state index contributed by atoms with van der Waals surface area (Å²) in [7, 11) is 1.61. The minimum atomic E-state index is -0.704. The van der Waals surface area contributed by atoms with Gasteiger partial charge in [-0.15, -0.1) is 0 Å². The van der Waals surface area contributed by atoms with E-state index in [4.69, 9.17) is 19.9 Å². The number of nitrogens with two attached hydrogens (primary N) is 1. The van der Waals surface area contributed by atoms with Crippen molar-refractivity contribution in [2.24, 2.45) is 5.73 Å². The molecule has 120 valence electrons. The molecule has 3 atom stereocenters.